The van der Waals surface area contributed by atoms with E-state index < -0.39 is 9.75 Å². The summed E-state index contributed by atoms with van der Waals surface area (Å²) in [6.07, 6.45) is 2.16. The Hall–Kier alpha value is -3.28. The molecule has 0 radical (unpaired) electrons. The first-order valence-corrected chi connectivity index (χ1v) is 13.5. The van der Waals surface area contributed by atoms with Gasteiger partial charge in [-0.25, -0.2) is 9.37 Å². The number of piperazine rings is 1. The van der Waals surface area contributed by atoms with Crippen LogP contribution in [-0.4, -0.2) is 41.5 Å². The Labute approximate surface area is 232 Å². The van der Waals surface area contributed by atoms with Crippen LogP contribution in [0.2, 0.25) is 0 Å². The number of halogens is 4. The minimum absolute atomic E-state index is 0.00926. The molecule has 198 valence electrons. The first-order valence-electron chi connectivity index (χ1n) is 12.4. The predicted molar refractivity (Wildman–Crippen MR) is 151 cm³/mol. The minimum Gasteiger partial charge on any atom is -0.368 e. The number of imidazole rings is 1. The third kappa shape index (κ3) is 5.45. The zero-order valence-corrected chi connectivity index (χ0v) is 23.0. The fourth-order valence-electron chi connectivity index (χ4n) is 4.74. The standard InChI is InChI=1S/C28H27F3IN5O/c1-2-24-25(37-13-3-4-23(29)26(37)34-24)27(38)33-18-19-5-9-21(10-6-19)35-14-16-36(17-15-35)22-11-7-20(8-12-22)28(30,31)32/h3-13H,2,14-18H2,1H3,(H,33,38). The van der Waals surface area contributed by atoms with Crippen molar-refractivity contribution in [3.8, 4) is 0 Å². The molecule has 2 aromatic heterocycles. The van der Waals surface area contributed by atoms with Crippen LogP contribution < -0.4 is 15.1 Å². The average Bonchev–Trinajstić information content (AvgIpc) is 3.32. The van der Waals surface area contributed by atoms with Crippen molar-refractivity contribution in [1.29, 1.82) is 0 Å². The lowest BCUT2D eigenvalue weighted by atomic mass is 10.1. The number of hydrogen-bond acceptors (Lipinski definition) is 4. The number of aromatic nitrogens is 2. The molecule has 0 aliphatic carbocycles. The quantitative estimate of drug-likeness (QED) is 0.207. The van der Waals surface area contributed by atoms with E-state index >= 15 is 0 Å². The number of carbonyl (C=O) groups is 1. The van der Waals surface area contributed by atoms with Crippen LogP contribution >= 0.6 is 22.6 Å². The molecule has 6 nitrogen and oxygen atoms in total. The van der Waals surface area contributed by atoms with Gasteiger partial charge < -0.3 is 15.1 Å². The van der Waals surface area contributed by atoms with Crippen LogP contribution in [0.3, 0.4) is 0 Å². The molecule has 0 spiro atoms. The Morgan fingerprint density at radius 3 is 2.11 bits per heavy atom. The molecule has 4 aromatic rings. The number of alkyl halides is 3. The third-order valence-electron chi connectivity index (χ3n) is 6.82. The summed E-state index contributed by atoms with van der Waals surface area (Å²) in [5.74, 6) is -0.758. The molecule has 38 heavy (non-hydrogen) atoms. The van der Waals surface area contributed by atoms with E-state index in [1.165, 1.54) is 22.6 Å². The van der Waals surface area contributed by atoms with Gasteiger partial charge in [0.15, 0.2) is 11.5 Å². The molecule has 1 aliphatic heterocycles. The van der Waals surface area contributed by atoms with Gasteiger partial charge in [-0.1, -0.05) is 31.2 Å². The molecule has 1 aliphatic rings. The van der Waals surface area contributed by atoms with Crippen LogP contribution in [0.4, 0.5) is 24.5 Å². The summed E-state index contributed by atoms with van der Waals surface area (Å²) in [4.78, 5) is 21.7. The second-order valence-corrected chi connectivity index (χ2v) is 10.5. The number of nitrogens with zero attached hydrogens (tertiary/aromatic N) is 4. The van der Waals surface area contributed by atoms with Crippen LogP contribution in [0.1, 0.15) is 34.2 Å². The number of carbonyl (C=O) groups excluding carboxylic acids is 1. The summed E-state index contributed by atoms with van der Waals surface area (Å²) in [5.41, 5.74) is 4.06. The number of hydrogen-bond donors (Lipinski definition) is 1. The van der Waals surface area contributed by atoms with E-state index in [-0.39, 0.29) is 17.1 Å². The molecule has 1 saturated heterocycles. The van der Waals surface area contributed by atoms with Gasteiger partial charge in [0.1, 0.15) is 5.69 Å². The lowest BCUT2D eigenvalue weighted by Gasteiger charge is -2.37. The molecule has 0 saturated carbocycles. The van der Waals surface area contributed by atoms with Crippen molar-refractivity contribution in [1.82, 2.24) is 14.7 Å². The van der Waals surface area contributed by atoms with Crippen LogP contribution in [0.5, 0.6) is 0 Å². The Morgan fingerprint density at radius 2 is 1.55 bits per heavy atom. The Morgan fingerprint density at radius 1 is 0.974 bits per heavy atom. The monoisotopic (exact) mass is 633 g/mol. The van der Waals surface area contributed by atoms with E-state index in [0.29, 0.717) is 24.4 Å². The summed E-state index contributed by atoms with van der Waals surface area (Å²) < 4.78 is 39.7. The molecule has 5 rings (SSSR count). The second-order valence-electron chi connectivity index (χ2n) is 9.18. The molecular weight excluding hydrogens is 606 g/mol. The Kier molecular flexibility index (Phi) is 7.51. The molecule has 10 heteroatoms. The van der Waals surface area contributed by atoms with E-state index in [2.05, 4.69) is 20.1 Å². The topological polar surface area (TPSA) is 52.9 Å². The number of nitrogens with one attached hydrogen (secondary N) is 1. The highest BCUT2D eigenvalue weighted by atomic mass is 127. The zero-order valence-electron chi connectivity index (χ0n) is 20.8. The molecule has 0 bridgehead atoms. The molecular formula is C28H27F3IN5O. The van der Waals surface area contributed by atoms with Crippen LogP contribution in [0, 0.1) is 5.82 Å². The maximum atomic E-state index is 14.1. The first-order chi connectivity index (χ1) is 18.2. The fourth-order valence-corrected chi connectivity index (χ4v) is 5.10. The van der Waals surface area contributed by atoms with Crippen molar-refractivity contribution in [3.63, 3.8) is 0 Å². The molecule has 2 aromatic carbocycles. The van der Waals surface area contributed by atoms with Gasteiger partial charge >= 0.3 is 3.93 Å². The van der Waals surface area contributed by atoms with Crippen LogP contribution in [0.25, 0.3) is 5.65 Å². The smallest absolute Gasteiger partial charge is 0.321 e. The van der Waals surface area contributed by atoms with Crippen molar-refractivity contribution in [2.45, 2.75) is 23.8 Å². The third-order valence-corrected chi connectivity index (χ3v) is 7.44. The van der Waals surface area contributed by atoms with Crippen molar-refractivity contribution in [3.05, 3.63) is 95.2 Å². The summed E-state index contributed by atoms with van der Waals surface area (Å²) in [6, 6.07) is 17.4. The van der Waals surface area contributed by atoms with Gasteiger partial charge in [-0.3, -0.25) is 9.20 Å². The highest BCUT2D eigenvalue weighted by molar-refractivity contribution is 14.1. The van der Waals surface area contributed by atoms with Crippen LogP contribution in [-0.2, 0) is 16.9 Å². The number of benzene rings is 2. The molecule has 3 heterocycles. The van der Waals surface area contributed by atoms with Gasteiger partial charge in [0.05, 0.1) is 5.69 Å². The van der Waals surface area contributed by atoms with Crippen molar-refractivity contribution in [2.24, 2.45) is 0 Å². The zero-order chi connectivity index (χ0) is 26.9. The Balaban J connectivity index is 1.18. The van der Waals surface area contributed by atoms with Crippen molar-refractivity contribution in [2.75, 3.05) is 36.0 Å². The van der Waals surface area contributed by atoms with Crippen LogP contribution in [0.15, 0.2) is 66.9 Å². The minimum atomic E-state index is -2.87. The largest absolute Gasteiger partial charge is 0.368 e. The Bertz CT molecular complexity index is 1430. The second kappa shape index (κ2) is 10.8. The fraction of sp³-hybridized carbons (Fsp3) is 0.286. The number of amides is 1. The summed E-state index contributed by atoms with van der Waals surface area (Å²) in [7, 11) is 0. The van der Waals surface area contributed by atoms with Gasteiger partial charge in [-0.2, -0.15) is 8.78 Å². The van der Waals surface area contributed by atoms with Gasteiger partial charge in [-0.15, -0.1) is 0 Å². The van der Waals surface area contributed by atoms with Gasteiger partial charge in [0.2, 0.25) is 0 Å². The lowest BCUT2D eigenvalue weighted by molar-refractivity contribution is 0.0944. The van der Waals surface area contributed by atoms with Gasteiger partial charge in [0.25, 0.3) is 5.91 Å². The van der Waals surface area contributed by atoms with Gasteiger partial charge in [-0.05, 0) is 48.4 Å². The summed E-state index contributed by atoms with van der Waals surface area (Å²) >= 11 is 1.15. The molecule has 1 amide bonds. The summed E-state index contributed by atoms with van der Waals surface area (Å²) in [6.45, 7) is 5.42. The number of pyridine rings is 1. The number of fused-ring (bicyclic) bond motifs is 1. The van der Waals surface area contributed by atoms with E-state index in [1.54, 1.807) is 24.4 Å². The molecule has 0 atom stereocenters. The highest BCUT2D eigenvalue weighted by Crippen LogP contribution is 2.36. The molecule has 0 unspecified atom stereocenters. The maximum absolute atomic E-state index is 14.1. The first kappa shape index (κ1) is 26.3. The van der Waals surface area contributed by atoms with Crippen molar-refractivity contribution >= 4 is 45.5 Å². The number of rotatable bonds is 7. The summed E-state index contributed by atoms with van der Waals surface area (Å²) in [5, 5.41) is 2.93. The molecule has 1 fully saturated rings. The van der Waals surface area contributed by atoms with Gasteiger partial charge in [0, 0.05) is 78.4 Å². The lowest BCUT2D eigenvalue weighted by Crippen LogP contribution is -2.46. The maximum Gasteiger partial charge on any atom is 0.321 e. The van der Waals surface area contributed by atoms with E-state index in [0.717, 1.165) is 65.7 Å². The van der Waals surface area contributed by atoms with E-state index in [4.69, 9.17) is 0 Å². The van der Waals surface area contributed by atoms with E-state index in [9.17, 15) is 18.0 Å². The molecule has 1 N–H and O–H groups in total. The normalized spacial score (nSPS) is 14.2. The average molecular weight is 633 g/mol. The number of aryl methyl sites for hydroxylation is 1. The predicted octanol–water partition coefficient (Wildman–Crippen LogP) is 5.78. The highest BCUT2D eigenvalue weighted by Gasteiger charge is 2.27. The number of anilines is 2. The SMILES string of the molecule is CCc1nc2c(F)cccn2c1C(=O)NCc1ccc(N2CCN(c3ccc(C(F)(F)I)cc3)CC2)cc1. The van der Waals surface area contributed by atoms with E-state index in [1.807, 2.05) is 31.2 Å². The van der Waals surface area contributed by atoms with Crippen molar-refractivity contribution < 1.29 is 18.0 Å².